The van der Waals surface area contributed by atoms with E-state index in [9.17, 15) is 0 Å². The van der Waals surface area contributed by atoms with E-state index in [0.29, 0.717) is 24.6 Å². The van der Waals surface area contributed by atoms with Crippen molar-refractivity contribution in [2.45, 2.75) is 0 Å². The Morgan fingerprint density at radius 2 is 2.20 bits per heavy atom. The van der Waals surface area contributed by atoms with Crippen LogP contribution in [0.2, 0.25) is 0 Å². The molecule has 2 N–H and O–H groups in total. The molecule has 1 aromatic heterocycles. The Labute approximate surface area is 88.1 Å². The molecule has 1 aliphatic heterocycles. The smallest absolute Gasteiger partial charge is 0.125 e. The van der Waals surface area contributed by atoms with Crippen LogP contribution in [0.4, 0.5) is 11.5 Å². The largest absolute Gasteiger partial charge is 0.384 e. The van der Waals surface area contributed by atoms with Crippen LogP contribution in [0.1, 0.15) is 5.56 Å². The Balaban J connectivity index is 2.32. The average Bonchev–Trinajstić information content (AvgIpc) is 2.30. The number of hydrogen-bond acceptors (Lipinski definition) is 5. The fourth-order valence-electron chi connectivity index (χ4n) is 1.61. The van der Waals surface area contributed by atoms with Gasteiger partial charge < -0.3 is 15.4 Å². The molecule has 2 heterocycles. The lowest BCUT2D eigenvalue weighted by molar-refractivity contribution is 0.122. The topological polar surface area (TPSA) is 75.2 Å². The molecule has 0 aromatic carbocycles. The molecular formula is C10H12N4O. The Hall–Kier alpha value is -1.80. The van der Waals surface area contributed by atoms with E-state index in [2.05, 4.69) is 16.0 Å². The zero-order chi connectivity index (χ0) is 10.7. The summed E-state index contributed by atoms with van der Waals surface area (Å²) >= 11 is 0. The lowest BCUT2D eigenvalue weighted by atomic mass is 10.2. The van der Waals surface area contributed by atoms with Crippen molar-refractivity contribution in [2.24, 2.45) is 0 Å². The maximum Gasteiger partial charge on any atom is 0.125 e. The molecule has 1 aliphatic rings. The molecule has 0 atom stereocenters. The van der Waals surface area contributed by atoms with Gasteiger partial charge in [-0.15, -0.1) is 0 Å². The quantitative estimate of drug-likeness (QED) is 0.715. The van der Waals surface area contributed by atoms with E-state index in [1.54, 1.807) is 6.07 Å². The summed E-state index contributed by atoms with van der Waals surface area (Å²) in [5, 5.41) is 8.95. The maximum absolute atomic E-state index is 8.95. The normalized spacial score (nSPS) is 16.1. The molecule has 5 heteroatoms. The average molecular weight is 204 g/mol. The van der Waals surface area contributed by atoms with Gasteiger partial charge in [0.1, 0.15) is 11.9 Å². The third kappa shape index (κ3) is 2.00. The molecule has 15 heavy (non-hydrogen) atoms. The third-order valence-electron chi connectivity index (χ3n) is 2.38. The van der Waals surface area contributed by atoms with Crippen molar-refractivity contribution in [1.29, 1.82) is 5.26 Å². The predicted octanol–water partition coefficient (Wildman–Crippen LogP) is 0.372. The molecule has 0 spiro atoms. The Morgan fingerprint density at radius 3 is 2.87 bits per heavy atom. The van der Waals surface area contributed by atoms with Gasteiger partial charge in [0.05, 0.1) is 24.5 Å². The van der Waals surface area contributed by atoms with Crippen LogP contribution in [0.3, 0.4) is 0 Å². The van der Waals surface area contributed by atoms with Crippen LogP contribution in [-0.2, 0) is 4.74 Å². The minimum Gasteiger partial charge on any atom is -0.384 e. The maximum atomic E-state index is 8.95. The Bertz CT molecular complexity index is 393. The molecule has 0 saturated carbocycles. The molecule has 5 nitrogen and oxygen atoms in total. The molecule has 1 saturated heterocycles. The summed E-state index contributed by atoms with van der Waals surface area (Å²) in [4.78, 5) is 6.00. The highest BCUT2D eigenvalue weighted by molar-refractivity contribution is 5.62. The van der Waals surface area contributed by atoms with E-state index in [0.717, 1.165) is 18.8 Å². The second-order valence-electron chi connectivity index (χ2n) is 3.34. The van der Waals surface area contributed by atoms with E-state index in [1.807, 2.05) is 0 Å². The monoisotopic (exact) mass is 204 g/mol. The summed E-state index contributed by atoms with van der Waals surface area (Å²) in [5.41, 5.74) is 7.03. The van der Waals surface area contributed by atoms with Gasteiger partial charge in [-0.25, -0.2) is 4.98 Å². The summed E-state index contributed by atoms with van der Waals surface area (Å²) in [6.45, 7) is 2.95. The number of nitrogens with zero attached hydrogens (tertiary/aromatic N) is 3. The number of ether oxygens (including phenoxy) is 1. The van der Waals surface area contributed by atoms with Crippen molar-refractivity contribution in [3.63, 3.8) is 0 Å². The van der Waals surface area contributed by atoms with Gasteiger partial charge in [-0.1, -0.05) is 0 Å². The highest BCUT2D eigenvalue weighted by Gasteiger charge is 2.15. The van der Waals surface area contributed by atoms with E-state index in [-0.39, 0.29) is 0 Å². The number of anilines is 2. The minimum absolute atomic E-state index is 0.440. The van der Waals surface area contributed by atoms with Crippen LogP contribution in [0.5, 0.6) is 0 Å². The van der Waals surface area contributed by atoms with Gasteiger partial charge in [0, 0.05) is 25.4 Å². The molecule has 0 amide bonds. The number of nitrogens with two attached hydrogens (primary N) is 1. The summed E-state index contributed by atoms with van der Waals surface area (Å²) in [6.07, 6.45) is 1.51. The van der Waals surface area contributed by atoms with Crippen LogP contribution in [0, 0.1) is 11.3 Å². The Morgan fingerprint density at radius 1 is 1.47 bits per heavy atom. The first-order valence-electron chi connectivity index (χ1n) is 4.79. The van der Waals surface area contributed by atoms with E-state index < -0.39 is 0 Å². The number of hydrogen-bond donors (Lipinski definition) is 1. The molecule has 0 unspecified atom stereocenters. The highest BCUT2D eigenvalue weighted by Crippen LogP contribution is 2.21. The molecular weight excluding hydrogens is 192 g/mol. The predicted molar refractivity (Wildman–Crippen MR) is 56.4 cm³/mol. The SMILES string of the molecule is N#Cc1cnc(N)cc1N1CCOCC1. The summed E-state index contributed by atoms with van der Waals surface area (Å²) in [6, 6.07) is 3.86. The van der Waals surface area contributed by atoms with Crippen LogP contribution in [0.25, 0.3) is 0 Å². The van der Waals surface area contributed by atoms with Crippen molar-refractivity contribution < 1.29 is 4.74 Å². The van der Waals surface area contributed by atoms with Crippen LogP contribution >= 0.6 is 0 Å². The lowest BCUT2D eigenvalue weighted by Gasteiger charge is -2.29. The van der Waals surface area contributed by atoms with Crippen molar-refractivity contribution in [1.82, 2.24) is 4.98 Å². The van der Waals surface area contributed by atoms with E-state index >= 15 is 0 Å². The van der Waals surface area contributed by atoms with Gasteiger partial charge in [-0.2, -0.15) is 5.26 Å². The van der Waals surface area contributed by atoms with Gasteiger partial charge in [0.25, 0.3) is 0 Å². The Kier molecular flexibility index (Phi) is 2.70. The first-order valence-corrected chi connectivity index (χ1v) is 4.79. The van der Waals surface area contributed by atoms with Gasteiger partial charge in [-0.3, -0.25) is 0 Å². The summed E-state index contributed by atoms with van der Waals surface area (Å²) < 4.78 is 5.25. The molecule has 0 bridgehead atoms. The highest BCUT2D eigenvalue weighted by atomic mass is 16.5. The number of nitrogen functional groups attached to an aromatic ring is 1. The molecule has 0 aliphatic carbocycles. The first kappa shape index (κ1) is 9.74. The van der Waals surface area contributed by atoms with Crippen molar-refractivity contribution in [3.8, 4) is 6.07 Å². The number of aromatic nitrogens is 1. The fraction of sp³-hybridized carbons (Fsp3) is 0.400. The van der Waals surface area contributed by atoms with Gasteiger partial charge in [0.15, 0.2) is 0 Å². The van der Waals surface area contributed by atoms with Gasteiger partial charge in [-0.05, 0) is 0 Å². The van der Waals surface area contributed by atoms with E-state index in [4.69, 9.17) is 15.7 Å². The van der Waals surface area contributed by atoms with Crippen molar-refractivity contribution in [3.05, 3.63) is 17.8 Å². The van der Waals surface area contributed by atoms with Crippen LogP contribution in [-0.4, -0.2) is 31.3 Å². The van der Waals surface area contributed by atoms with Crippen molar-refractivity contribution >= 4 is 11.5 Å². The standard InChI is InChI=1S/C10H12N4O/c11-6-8-7-13-10(12)5-9(8)14-1-3-15-4-2-14/h5,7H,1-4H2,(H2,12,13). The number of pyridine rings is 1. The molecule has 1 aromatic rings. The molecule has 0 radical (unpaired) electrons. The summed E-state index contributed by atoms with van der Waals surface area (Å²) in [7, 11) is 0. The number of rotatable bonds is 1. The van der Waals surface area contributed by atoms with Gasteiger partial charge >= 0.3 is 0 Å². The van der Waals surface area contributed by atoms with Gasteiger partial charge in [0.2, 0.25) is 0 Å². The molecule has 1 fully saturated rings. The summed E-state index contributed by atoms with van der Waals surface area (Å²) in [5.74, 6) is 0.440. The minimum atomic E-state index is 0.440. The fourth-order valence-corrected chi connectivity index (χ4v) is 1.61. The molecule has 2 rings (SSSR count). The van der Waals surface area contributed by atoms with Crippen molar-refractivity contribution in [2.75, 3.05) is 36.9 Å². The third-order valence-corrected chi connectivity index (χ3v) is 2.38. The number of morpholine rings is 1. The van der Waals surface area contributed by atoms with E-state index in [1.165, 1.54) is 6.20 Å². The molecule has 78 valence electrons. The van der Waals surface area contributed by atoms with Crippen LogP contribution in [0.15, 0.2) is 12.3 Å². The first-order chi connectivity index (χ1) is 7.31. The van der Waals surface area contributed by atoms with Crippen LogP contribution < -0.4 is 10.6 Å². The zero-order valence-corrected chi connectivity index (χ0v) is 8.31. The second kappa shape index (κ2) is 4.15. The number of nitriles is 1. The lowest BCUT2D eigenvalue weighted by Crippen LogP contribution is -2.36. The zero-order valence-electron chi connectivity index (χ0n) is 8.31. The second-order valence-corrected chi connectivity index (χ2v) is 3.34.